The van der Waals surface area contributed by atoms with Crippen LogP contribution in [-0.4, -0.2) is 29.1 Å². The number of aromatic nitrogens is 2. The Morgan fingerprint density at radius 3 is 3.00 bits per heavy atom. The largest absolute Gasteiger partial charge is 0.354 e. The Labute approximate surface area is 124 Å². The van der Waals surface area contributed by atoms with E-state index in [9.17, 15) is 0 Å². The highest BCUT2D eigenvalue weighted by Crippen LogP contribution is 2.34. The molecule has 0 amide bonds. The van der Waals surface area contributed by atoms with Gasteiger partial charge in [0.1, 0.15) is 10.6 Å². The number of nitrogens with zero attached hydrogens (tertiary/aromatic N) is 3. The molecule has 3 rings (SSSR count). The smallest absolute Gasteiger partial charge is 0.226 e. The lowest BCUT2D eigenvalue weighted by atomic mass is 10.2. The minimum atomic E-state index is 0.576. The Bertz CT molecular complexity index is 607. The van der Waals surface area contributed by atoms with Gasteiger partial charge in [-0.25, -0.2) is 4.98 Å². The molecule has 1 aliphatic rings. The van der Waals surface area contributed by atoms with E-state index in [1.165, 1.54) is 23.1 Å². The highest BCUT2D eigenvalue weighted by molar-refractivity contribution is 7.18. The van der Waals surface area contributed by atoms with Crippen molar-refractivity contribution in [2.24, 2.45) is 0 Å². The van der Waals surface area contributed by atoms with E-state index in [0.29, 0.717) is 6.04 Å². The molecule has 0 saturated carbocycles. The minimum Gasteiger partial charge on any atom is -0.354 e. The molecule has 1 fully saturated rings. The van der Waals surface area contributed by atoms with Crippen LogP contribution in [0.3, 0.4) is 0 Å². The maximum Gasteiger partial charge on any atom is 0.226 e. The summed E-state index contributed by atoms with van der Waals surface area (Å²) in [7, 11) is 0. The van der Waals surface area contributed by atoms with Crippen molar-refractivity contribution in [3.63, 3.8) is 0 Å². The molecule has 5 heteroatoms. The predicted octanol–water partition coefficient (Wildman–Crippen LogP) is 3.81. The fourth-order valence-corrected chi connectivity index (χ4v) is 3.68. The molecule has 0 bridgehead atoms. The number of anilines is 2. The quantitative estimate of drug-likeness (QED) is 0.929. The van der Waals surface area contributed by atoms with Crippen molar-refractivity contribution < 1.29 is 0 Å². The van der Waals surface area contributed by atoms with Crippen LogP contribution in [0.4, 0.5) is 11.8 Å². The molecular weight excluding hydrogens is 268 g/mol. The summed E-state index contributed by atoms with van der Waals surface area (Å²) in [6, 6.07) is 2.80. The third-order valence-corrected chi connectivity index (χ3v) is 4.80. The van der Waals surface area contributed by atoms with Gasteiger partial charge in [0.15, 0.2) is 0 Å². The third kappa shape index (κ3) is 2.46. The van der Waals surface area contributed by atoms with Crippen molar-refractivity contribution in [2.75, 3.05) is 23.3 Å². The maximum absolute atomic E-state index is 4.79. The summed E-state index contributed by atoms with van der Waals surface area (Å²) in [5.41, 5.74) is 0. The van der Waals surface area contributed by atoms with Crippen molar-refractivity contribution in [3.8, 4) is 0 Å². The van der Waals surface area contributed by atoms with Crippen molar-refractivity contribution in [3.05, 3.63) is 10.9 Å². The fraction of sp³-hybridized carbons (Fsp3) is 0.600. The van der Waals surface area contributed by atoms with Gasteiger partial charge in [-0.1, -0.05) is 6.92 Å². The summed E-state index contributed by atoms with van der Waals surface area (Å²) in [6.07, 6.45) is 3.60. The first-order valence-corrected chi connectivity index (χ1v) is 8.29. The number of rotatable bonds is 4. The lowest BCUT2D eigenvalue weighted by Gasteiger charge is -2.23. The third-order valence-electron chi connectivity index (χ3n) is 3.85. The van der Waals surface area contributed by atoms with Gasteiger partial charge in [-0.3, -0.25) is 0 Å². The van der Waals surface area contributed by atoms with E-state index < -0.39 is 0 Å². The molecule has 3 heterocycles. The molecule has 20 heavy (non-hydrogen) atoms. The van der Waals surface area contributed by atoms with E-state index in [0.717, 1.165) is 36.1 Å². The van der Waals surface area contributed by atoms with Crippen LogP contribution >= 0.6 is 11.3 Å². The second-order valence-electron chi connectivity index (χ2n) is 5.56. The number of fused-ring (bicyclic) bond motifs is 1. The summed E-state index contributed by atoms with van der Waals surface area (Å²) in [6.45, 7) is 8.62. The van der Waals surface area contributed by atoms with Gasteiger partial charge in [-0.15, -0.1) is 11.3 Å². The zero-order valence-electron chi connectivity index (χ0n) is 12.4. The van der Waals surface area contributed by atoms with Gasteiger partial charge in [0.2, 0.25) is 5.95 Å². The Kier molecular flexibility index (Phi) is 3.78. The van der Waals surface area contributed by atoms with E-state index in [1.807, 2.05) is 0 Å². The highest BCUT2D eigenvalue weighted by Gasteiger charge is 2.24. The van der Waals surface area contributed by atoms with Crippen molar-refractivity contribution in [2.45, 2.75) is 46.1 Å². The van der Waals surface area contributed by atoms with Crippen molar-refractivity contribution in [1.82, 2.24) is 9.97 Å². The first-order valence-electron chi connectivity index (χ1n) is 7.47. The van der Waals surface area contributed by atoms with E-state index >= 15 is 0 Å². The lowest BCUT2D eigenvalue weighted by Crippen LogP contribution is -2.27. The highest BCUT2D eigenvalue weighted by atomic mass is 32.1. The first-order chi connectivity index (χ1) is 9.69. The molecule has 1 N–H and O–H groups in total. The molecule has 1 unspecified atom stereocenters. The van der Waals surface area contributed by atoms with Gasteiger partial charge >= 0.3 is 0 Å². The summed E-state index contributed by atoms with van der Waals surface area (Å²) in [5, 5.41) is 4.54. The Hall–Kier alpha value is -1.36. The van der Waals surface area contributed by atoms with Crippen LogP contribution in [0.2, 0.25) is 0 Å². The number of thiophene rings is 1. The van der Waals surface area contributed by atoms with E-state index in [-0.39, 0.29) is 0 Å². The molecule has 1 saturated heterocycles. The van der Waals surface area contributed by atoms with Crippen LogP contribution in [-0.2, 0) is 0 Å². The molecule has 4 nitrogen and oxygen atoms in total. The van der Waals surface area contributed by atoms with Crippen LogP contribution in [0.25, 0.3) is 10.2 Å². The fourth-order valence-electron chi connectivity index (χ4n) is 2.81. The van der Waals surface area contributed by atoms with Crippen molar-refractivity contribution >= 4 is 33.3 Å². The van der Waals surface area contributed by atoms with Crippen LogP contribution < -0.4 is 10.2 Å². The number of aryl methyl sites for hydroxylation is 1. The summed E-state index contributed by atoms with van der Waals surface area (Å²) >= 11 is 1.76. The monoisotopic (exact) mass is 290 g/mol. The molecule has 0 aliphatic carbocycles. The van der Waals surface area contributed by atoms with Crippen LogP contribution in [0.15, 0.2) is 6.07 Å². The topological polar surface area (TPSA) is 41.1 Å². The second-order valence-corrected chi connectivity index (χ2v) is 6.79. The molecule has 0 spiro atoms. The number of nitrogens with one attached hydrogen (secondary N) is 1. The second kappa shape index (κ2) is 5.56. The van der Waals surface area contributed by atoms with E-state index in [1.54, 1.807) is 11.3 Å². The molecule has 1 atom stereocenters. The maximum atomic E-state index is 4.79. The van der Waals surface area contributed by atoms with Crippen LogP contribution in [0.5, 0.6) is 0 Å². The molecule has 2 aromatic heterocycles. The summed E-state index contributed by atoms with van der Waals surface area (Å²) in [4.78, 5) is 14.3. The van der Waals surface area contributed by atoms with Gasteiger partial charge < -0.3 is 10.2 Å². The average Bonchev–Trinajstić information content (AvgIpc) is 3.00. The zero-order chi connectivity index (χ0) is 14.1. The van der Waals surface area contributed by atoms with Crippen molar-refractivity contribution in [1.29, 1.82) is 0 Å². The van der Waals surface area contributed by atoms with Gasteiger partial charge in [-0.2, -0.15) is 4.98 Å². The normalized spacial score (nSPS) is 18.9. The number of hydrogen-bond donors (Lipinski definition) is 1. The SMILES string of the molecule is CCCNc1nc(N2CCCC2C)c2cc(C)sc2n1. The Balaban J connectivity index is 2.06. The summed E-state index contributed by atoms with van der Waals surface area (Å²) in [5.74, 6) is 1.89. The van der Waals surface area contributed by atoms with Crippen LogP contribution in [0, 0.1) is 6.92 Å². The van der Waals surface area contributed by atoms with E-state index in [2.05, 4.69) is 42.0 Å². The van der Waals surface area contributed by atoms with Gasteiger partial charge in [-0.05, 0) is 39.2 Å². The molecule has 2 aromatic rings. The lowest BCUT2D eigenvalue weighted by molar-refractivity contribution is 0.729. The molecule has 108 valence electrons. The molecule has 0 aromatic carbocycles. The minimum absolute atomic E-state index is 0.576. The first kappa shape index (κ1) is 13.6. The molecule has 1 aliphatic heterocycles. The Morgan fingerprint density at radius 1 is 1.45 bits per heavy atom. The van der Waals surface area contributed by atoms with Gasteiger partial charge in [0.05, 0.1) is 5.39 Å². The average molecular weight is 290 g/mol. The molecular formula is C15H22N4S. The molecule has 0 radical (unpaired) electrons. The predicted molar refractivity (Wildman–Crippen MR) is 87.0 cm³/mol. The zero-order valence-corrected chi connectivity index (χ0v) is 13.3. The van der Waals surface area contributed by atoms with Gasteiger partial charge in [0, 0.05) is 24.0 Å². The summed E-state index contributed by atoms with van der Waals surface area (Å²) < 4.78 is 0. The standard InChI is InChI=1S/C15H22N4S/c1-4-7-16-15-17-13(19-8-5-6-10(19)2)12-9-11(3)20-14(12)18-15/h9-10H,4-8H2,1-3H3,(H,16,17,18). The number of hydrogen-bond acceptors (Lipinski definition) is 5. The Morgan fingerprint density at radius 2 is 2.30 bits per heavy atom. The van der Waals surface area contributed by atoms with E-state index in [4.69, 9.17) is 4.98 Å². The van der Waals surface area contributed by atoms with Crippen LogP contribution in [0.1, 0.15) is 38.0 Å². The van der Waals surface area contributed by atoms with Gasteiger partial charge in [0.25, 0.3) is 0 Å².